The third kappa shape index (κ3) is 5.00. The summed E-state index contributed by atoms with van der Waals surface area (Å²) in [6.45, 7) is 4.65. The van der Waals surface area contributed by atoms with Crippen molar-refractivity contribution in [3.63, 3.8) is 0 Å². The van der Waals surface area contributed by atoms with Gasteiger partial charge < -0.3 is 14.4 Å². The van der Waals surface area contributed by atoms with Crippen molar-refractivity contribution in [1.82, 2.24) is 14.8 Å². The molecule has 2 aliphatic rings. The van der Waals surface area contributed by atoms with Crippen LogP contribution in [0.2, 0.25) is 0 Å². The van der Waals surface area contributed by atoms with Gasteiger partial charge in [-0.05, 0) is 42.9 Å². The van der Waals surface area contributed by atoms with E-state index in [0.717, 1.165) is 45.5 Å². The van der Waals surface area contributed by atoms with Gasteiger partial charge in [-0.2, -0.15) is 0 Å². The van der Waals surface area contributed by atoms with Crippen molar-refractivity contribution in [3.05, 3.63) is 30.1 Å². The minimum absolute atomic E-state index is 0.0224. The van der Waals surface area contributed by atoms with Gasteiger partial charge in [0.05, 0.1) is 5.60 Å². The molecule has 0 radical (unpaired) electrons. The summed E-state index contributed by atoms with van der Waals surface area (Å²) in [6, 6.07) is 4.14. The van der Waals surface area contributed by atoms with E-state index in [9.17, 15) is 4.79 Å². The van der Waals surface area contributed by atoms with E-state index in [1.54, 1.807) is 19.0 Å². The Morgan fingerprint density at radius 1 is 1.40 bits per heavy atom. The number of carbonyl (C=O) groups is 1. The minimum atomic E-state index is 0.0224. The fourth-order valence-electron chi connectivity index (χ4n) is 3.76. The van der Waals surface area contributed by atoms with E-state index < -0.39 is 0 Å². The van der Waals surface area contributed by atoms with Crippen LogP contribution in [0.25, 0.3) is 0 Å². The maximum Gasteiger partial charge on any atom is 0.248 e. The number of hydrogen-bond acceptors (Lipinski definition) is 5. The van der Waals surface area contributed by atoms with Crippen LogP contribution in [-0.4, -0.2) is 73.3 Å². The van der Waals surface area contributed by atoms with Gasteiger partial charge in [0, 0.05) is 59.3 Å². The number of amides is 1. The van der Waals surface area contributed by atoms with E-state index in [4.69, 9.17) is 9.47 Å². The maximum atomic E-state index is 11.5. The zero-order valence-corrected chi connectivity index (χ0v) is 15.3. The van der Waals surface area contributed by atoms with E-state index in [2.05, 4.69) is 22.0 Å². The predicted molar refractivity (Wildman–Crippen MR) is 95.1 cm³/mol. The number of pyridine rings is 1. The SMILES string of the molecule is CN(C)C(=O)COCC[C@@H]1CCOC2(C1)CN(Cc1ccncc1)C2. The average Bonchev–Trinajstić information content (AvgIpc) is 2.58. The molecule has 1 amide bonds. The molecule has 3 rings (SSSR count). The van der Waals surface area contributed by atoms with Gasteiger partial charge in [-0.1, -0.05) is 0 Å². The molecule has 1 atom stereocenters. The molecule has 1 aromatic rings. The number of carbonyl (C=O) groups excluding carboxylic acids is 1. The molecule has 0 aliphatic carbocycles. The van der Waals surface area contributed by atoms with Crippen LogP contribution in [-0.2, 0) is 20.8 Å². The lowest BCUT2D eigenvalue weighted by Gasteiger charge is -2.53. The normalized spacial score (nSPS) is 22.6. The topological polar surface area (TPSA) is 54.9 Å². The molecular formula is C19H29N3O3. The summed E-state index contributed by atoms with van der Waals surface area (Å²) < 4.78 is 11.7. The lowest BCUT2D eigenvalue weighted by molar-refractivity contribution is -0.182. The highest BCUT2D eigenvalue weighted by atomic mass is 16.5. The molecule has 2 aliphatic heterocycles. The molecule has 3 heterocycles. The number of rotatable bonds is 7. The molecule has 6 nitrogen and oxygen atoms in total. The molecule has 6 heteroatoms. The first kappa shape index (κ1) is 18.3. The van der Waals surface area contributed by atoms with E-state index in [-0.39, 0.29) is 18.1 Å². The number of ether oxygens (including phenoxy) is 2. The number of likely N-dealkylation sites (N-methyl/N-ethyl adjacent to an activating group) is 1. The summed E-state index contributed by atoms with van der Waals surface area (Å²) in [7, 11) is 3.50. The van der Waals surface area contributed by atoms with Crippen LogP contribution in [0.3, 0.4) is 0 Å². The molecule has 2 fully saturated rings. The van der Waals surface area contributed by atoms with Crippen molar-refractivity contribution >= 4 is 5.91 Å². The maximum absolute atomic E-state index is 11.5. The largest absolute Gasteiger partial charge is 0.372 e. The summed E-state index contributed by atoms with van der Waals surface area (Å²) in [5.74, 6) is 0.653. The van der Waals surface area contributed by atoms with Crippen LogP contribution >= 0.6 is 0 Å². The molecule has 0 aromatic carbocycles. The van der Waals surface area contributed by atoms with Crippen molar-refractivity contribution in [1.29, 1.82) is 0 Å². The fourth-order valence-corrected chi connectivity index (χ4v) is 3.76. The molecular weight excluding hydrogens is 318 g/mol. The molecule has 138 valence electrons. The molecule has 1 spiro atoms. The predicted octanol–water partition coefficient (Wildman–Crippen LogP) is 1.56. The highest BCUT2D eigenvalue weighted by Crippen LogP contribution is 2.38. The van der Waals surface area contributed by atoms with E-state index in [0.29, 0.717) is 12.5 Å². The Bertz CT molecular complexity index is 558. The summed E-state index contributed by atoms with van der Waals surface area (Å²) in [6.07, 6.45) is 6.90. The highest BCUT2D eigenvalue weighted by Gasteiger charge is 2.47. The molecule has 0 bridgehead atoms. The smallest absolute Gasteiger partial charge is 0.248 e. The second-order valence-electron chi connectivity index (χ2n) is 7.52. The number of nitrogens with zero attached hydrogens (tertiary/aromatic N) is 3. The summed E-state index contributed by atoms with van der Waals surface area (Å²) >= 11 is 0. The minimum Gasteiger partial charge on any atom is -0.372 e. The third-order valence-corrected chi connectivity index (χ3v) is 5.17. The summed E-state index contributed by atoms with van der Waals surface area (Å²) in [5.41, 5.74) is 1.34. The lowest BCUT2D eigenvalue weighted by atomic mass is 9.79. The fraction of sp³-hybridized carbons (Fsp3) is 0.684. The van der Waals surface area contributed by atoms with Crippen LogP contribution in [0.1, 0.15) is 24.8 Å². The molecule has 0 unspecified atom stereocenters. The van der Waals surface area contributed by atoms with Gasteiger partial charge in [0.1, 0.15) is 6.61 Å². The van der Waals surface area contributed by atoms with Gasteiger partial charge in [-0.15, -0.1) is 0 Å². The Balaban J connectivity index is 1.37. The van der Waals surface area contributed by atoms with Gasteiger partial charge in [-0.3, -0.25) is 14.7 Å². The monoisotopic (exact) mass is 347 g/mol. The number of hydrogen-bond donors (Lipinski definition) is 0. The molecule has 2 saturated heterocycles. The average molecular weight is 347 g/mol. The first-order valence-corrected chi connectivity index (χ1v) is 9.09. The van der Waals surface area contributed by atoms with Gasteiger partial charge in [0.15, 0.2) is 0 Å². The first-order valence-electron chi connectivity index (χ1n) is 9.09. The van der Waals surface area contributed by atoms with Crippen LogP contribution < -0.4 is 0 Å². The van der Waals surface area contributed by atoms with E-state index >= 15 is 0 Å². The quantitative estimate of drug-likeness (QED) is 0.701. The van der Waals surface area contributed by atoms with Gasteiger partial charge in [0.2, 0.25) is 5.91 Å². The Kier molecular flexibility index (Phi) is 6.04. The summed E-state index contributed by atoms with van der Waals surface area (Å²) in [4.78, 5) is 19.6. The molecule has 25 heavy (non-hydrogen) atoms. The highest BCUT2D eigenvalue weighted by molar-refractivity contribution is 5.76. The van der Waals surface area contributed by atoms with Crippen LogP contribution in [0.5, 0.6) is 0 Å². The van der Waals surface area contributed by atoms with Gasteiger partial charge in [0.25, 0.3) is 0 Å². The van der Waals surface area contributed by atoms with Gasteiger partial charge in [-0.25, -0.2) is 0 Å². The Morgan fingerprint density at radius 3 is 2.88 bits per heavy atom. The molecule has 1 aromatic heterocycles. The Hall–Kier alpha value is -1.50. The zero-order chi connectivity index (χ0) is 17.7. The number of aromatic nitrogens is 1. The van der Waals surface area contributed by atoms with Crippen molar-refractivity contribution in [2.75, 3.05) is 47.0 Å². The Labute approximate surface area is 150 Å². The Morgan fingerprint density at radius 2 is 2.16 bits per heavy atom. The molecule has 0 saturated carbocycles. The van der Waals surface area contributed by atoms with E-state index in [1.807, 2.05) is 12.4 Å². The number of likely N-dealkylation sites (tertiary alicyclic amines) is 1. The zero-order valence-electron chi connectivity index (χ0n) is 15.3. The lowest BCUT2D eigenvalue weighted by Crippen LogP contribution is -2.64. The van der Waals surface area contributed by atoms with Gasteiger partial charge >= 0.3 is 0 Å². The summed E-state index contributed by atoms with van der Waals surface area (Å²) in [5, 5.41) is 0. The van der Waals surface area contributed by atoms with Crippen molar-refractivity contribution in [3.8, 4) is 0 Å². The van der Waals surface area contributed by atoms with Crippen LogP contribution in [0.4, 0.5) is 0 Å². The van der Waals surface area contributed by atoms with Crippen molar-refractivity contribution in [2.24, 2.45) is 5.92 Å². The van der Waals surface area contributed by atoms with Crippen LogP contribution in [0, 0.1) is 5.92 Å². The van der Waals surface area contributed by atoms with Crippen molar-refractivity contribution < 1.29 is 14.3 Å². The second kappa shape index (κ2) is 8.25. The van der Waals surface area contributed by atoms with Crippen molar-refractivity contribution in [2.45, 2.75) is 31.4 Å². The third-order valence-electron chi connectivity index (χ3n) is 5.17. The molecule has 0 N–H and O–H groups in total. The second-order valence-corrected chi connectivity index (χ2v) is 7.52. The van der Waals surface area contributed by atoms with Crippen LogP contribution in [0.15, 0.2) is 24.5 Å². The first-order chi connectivity index (χ1) is 12.1. The standard InChI is InChI=1S/C19H29N3O3/c1-21(2)18(23)13-24-9-5-16-6-10-25-19(11-16)14-22(15-19)12-17-3-7-20-8-4-17/h3-4,7-8,16H,5-6,9-15H2,1-2H3/t16-/m1/s1. The van der Waals surface area contributed by atoms with E-state index in [1.165, 1.54) is 5.56 Å².